The Balaban J connectivity index is 1.57. The molecule has 0 aliphatic carbocycles. The van der Waals surface area contributed by atoms with Gasteiger partial charge < -0.3 is 15.8 Å². The number of ether oxygens (including phenoxy) is 1. The van der Waals surface area contributed by atoms with E-state index in [4.69, 9.17) is 10.5 Å². The molecule has 3 aromatic rings. The average Bonchev–Trinajstić information content (AvgIpc) is 3.02. The minimum Gasteiger partial charge on any atom is -0.443 e. The van der Waals surface area contributed by atoms with Crippen molar-refractivity contribution in [2.75, 3.05) is 5.32 Å². The van der Waals surface area contributed by atoms with Crippen LogP contribution in [0.15, 0.2) is 55.0 Å². The molecule has 3 N–H and O–H groups in total. The number of nitrogens with two attached hydrogens (primary N) is 1. The van der Waals surface area contributed by atoms with Crippen molar-refractivity contribution in [1.82, 2.24) is 9.97 Å². The van der Waals surface area contributed by atoms with Crippen molar-refractivity contribution >= 4 is 22.4 Å². The van der Waals surface area contributed by atoms with Crippen molar-refractivity contribution in [2.45, 2.75) is 6.54 Å². The summed E-state index contributed by atoms with van der Waals surface area (Å²) in [6.45, 7) is 0.596. The molecular formula is C16H14N4O2S. The second kappa shape index (κ2) is 6.89. The number of primary amides is 1. The summed E-state index contributed by atoms with van der Waals surface area (Å²) in [6.07, 6.45) is 5.00. The topological polar surface area (TPSA) is 90.1 Å². The molecule has 0 atom stereocenters. The lowest BCUT2D eigenvalue weighted by Gasteiger charge is -2.03. The highest BCUT2D eigenvalue weighted by molar-refractivity contribution is 7.17. The molecule has 0 radical (unpaired) electrons. The summed E-state index contributed by atoms with van der Waals surface area (Å²) < 4.78 is 5.66. The van der Waals surface area contributed by atoms with Crippen molar-refractivity contribution in [2.24, 2.45) is 5.73 Å². The normalized spacial score (nSPS) is 10.3. The zero-order chi connectivity index (χ0) is 16.1. The number of carbonyl (C=O) groups is 1. The van der Waals surface area contributed by atoms with Gasteiger partial charge in [0.05, 0.1) is 12.4 Å². The van der Waals surface area contributed by atoms with E-state index in [2.05, 4.69) is 15.3 Å². The average molecular weight is 326 g/mol. The molecular weight excluding hydrogens is 312 g/mol. The Morgan fingerprint density at radius 1 is 1.22 bits per heavy atom. The number of nitrogens with one attached hydrogen (secondary N) is 1. The van der Waals surface area contributed by atoms with Crippen LogP contribution in [0.2, 0.25) is 0 Å². The van der Waals surface area contributed by atoms with E-state index in [1.807, 2.05) is 24.3 Å². The maximum Gasteiger partial charge on any atom is 0.248 e. The molecule has 0 saturated carbocycles. The molecule has 0 spiro atoms. The monoisotopic (exact) mass is 326 g/mol. The number of hydrogen-bond acceptors (Lipinski definition) is 6. The molecule has 2 aromatic heterocycles. The molecule has 0 unspecified atom stereocenters. The van der Waals surface area contributed by atoms with Crippen LogP contribution in [0.5, 0.6) is 10.8 Å². The Morgan fingerprint density at radius 3 is 2.74 bits per heavy atom. The molecule has 2 heterocycles. The maximum atomic E-state index is 11.0. The number of nitrogens with zero attached hydrogens (tertiary/aromatic N) is 2. The van der Waals surface area contributed by atoms with Crippen molar-refractivity contribution in [3.8, 4) is 10.8 Å². The number of benzene rings is 1. The fourth-order valence-corrected chi connectivity index (χ4v) is 2.56. The van der Waals surface area contributed by atoms with Gasteiger partial charge in [-0.05, 0) is 29.8 Å². The smallest absolute Gasteiger partial charge is 0.248 e. The van der Waals surface area contributed by atoms with Gasteiger partial charge in [0.25, 0.3) is 0 Å². The predicted molar refractivity (Wildman–Crippen MR) is 88.7 cm³/mol. The zero-order valence-electron chi connectivity index (χ0n) is 12.1. The minimum atomic E-state index is -0.429. The van der Waals surface area contributed by atoms with Crippen LogP contribution in [0, 0.1) is 0 Å². The van der Waals surface area contributed by atoms with Gasteiger partial charge in [-0.1, -0.05) is 23.5 Å². The molecule has 0 aliphatic rings. The molecule has 23 heavy (non-hydrogen) atoms. The summed E-state index contributed by atoms with van der Waals surface area (Å²) in [6, 6.07) is 10.8. The highest BCUT2D eigenvalue weighted by atomic mass is 32.1. The Morgan fingerprint density at radius 2 is 2.04 bits per heavy atom. The summed E-state index contributed by atoms with van der Waals surface area (Å²) >= 11 is 1.41. The fraction of sp³-hybridized carbons (Fsp3) is 0.0625. The Labute approximate surface area is 137 Å². The molecule has 1 amide bonds. The van der Waals surface area contributed by atoms with E-state index >= 15 is 0 Å². The first-order valence-corrected chi connectivity index (χ1v) is 7.69. The lowest BCUT2D eigenvalue weighted by Crippen LogP contribution is -2.10. The van der Waals surface area contributed by atoms with Crippen molar-refractivity contribution in [3.05, 3.63) is 66.1 Å². The van der Waals surface area contributed by atoms with Crippen LogP contribution in [0.3, 0.4) is 0 Å². The SMILES string of the molecule is NC(=O)c1ccc(CNc2ncc(Oc3cccnc3)s2)cc1. The van der Waals surface area contributed by atoms with Gasteiger partial charge in [0, 0.05) is 18.3 Å². The quantitative estimate of drug-likeness (QED) is 0.726. The van der Waals surface area contributed by atoms with Gasteiger partial charge in [-0.2, -0.15) is 0 Å². The number of pyridine rings is 1. The van der Waals surface area contributed by atoms with Crippen molar-refractivity contribution < 1.29 is 9.53 Å². The second-order valence-electron chi connectivity index (χ2n) is 4.69. The highest BCUT2D eigenvalue weighted by Gasteiger charge is 2.05. The van der Waals surface area contributed by atoms with Gasteiger partial charge in [0.2, 0.25) is 11.0 Å². The van der Waals surface area contributed by atoms with E-state index in [0.717, 1.165) is 10.7 Å². The summed E-state index contributed by atoms with van der Waals surface area (Å²) in [4.78, 5) is 19.3. The lowest BCUT2D eigenvalue weighted by molar-refractivity contribution is 0.100. The standard InChI is InChI=1S/C16H14N4O2S/c17-15(21)12-5-3-11(4-6-12)8-19-16-20-10-14(23-16)22-13-2-1-7-18-9-13/h1-7,9-10H,8H2,(H2,17,21)(H,19,20). The number of anilines is 1. The first-order valence-electron chi connectivity index (χ1n) is 6.87. The predicted octanol–water partition coefficient (Wildman–Crippen LogP) is 3.04. The minimum absolute atomic E-state index is 0.429. The van der Waals surface area contributed by atoms with Gasteiger partial charge in [0.1, 0.15) is 5.75 Å². The number of amides is 1. The number of hydrogen-bond donors (Lipinski definition) is 2. The van der Waals surface area contributed by atoms with E-state index in [9.17, 15) is 4.79 Å². The van der Waals surface area contributed by atoms with Crippen LogP contribution >= 0.6 is 11.3 Å². The highest BCUT2D eigenvalue weighted by Crippen LogP contribution is 2.29. The summed E-state index contributed by atoms with van der Waals surface area (Å²) in [5.41, 5.74) is 6.74. The number of rotatable bonds is 6. The Bertz CT molecular complexity index is 787. The van der Waals surface area contributed by atoms with Crippen LogP contribution in [0.25, 0.3) is 0 Å². The molecule has 116 valence electrons. The molecule has 3 rings (SSSR count). The van der Waals surface area contributed by atoms with Crippen LogP contribution in [0.1, 0.15) is 15.9 Å². The van der Waals surface area contributed by atoms with E-state index in [0.29, 0.717) is 22.9 Å². The zero-order valence-corrected chi connectivity index (χ0v) is 12.9. The van der Waals surface area contributed by atoms with Gasteiger partial charge in [-0.25, -0.2) is 4.98 Å². The third-order valence-corrected chi connectivity index (χ3v) is 3.85. The molecule has 0 bridgehead atoms. The lowest BCUT2D eigenvalue weighted by atomic mass is 10.1. The van der Waals surface area contributed by atoms with Crippen LogP contribution in [-0.2, 0) is 6.54 Å². The summed E-state index contributed by atoms with van der Waals surface area (Å²) in [5.74, 6) is 0.242. The van der Waals surface area contributed by atoms with Crippen molar-refractivity contribution in [1.29, 1.82) is 0 Å². The van der Waals surface area contributed by atoms with Gasteiger partial charge in [-0.15, -0.1) is 0 Å². The van der Waals surface area contributed by atoms with E-state index in [-0.39, 0.29) is 0 Å². The molecule has 1 aromatic carbocycles. The largest absolute Gasteiger partial charge is 0.443 e. The van der Waals surface area contributed by atoms with Crippen LogP contribution in [0.4, 0.5) is 5.13 Å². The number of aromatic nitrogens is 2. The Hall–Kier alpha value is -2.93. The fourth-order valence-electron chi connectivity index (χ4n) is 1.88. The first kappa shape index (κ1) is 15.0. The molecule has 0 aliphatic heterocycles. The van der Waals surface area contributed by atoms with Crippen LogP contribution in [-0.4, -0.2) is 15.9 Å². The third kappa shape index (κ3) is 4.04. The molecule has 0 fully saturated rings. The maximum absolute atomic E-state index is 11.0. The second-order valence-corrected chi connectivity index (χ2v) is 5.68. The molecule has 6 nitrogen and oxygen atoms in total. The van der Waals surface area contributed by atoms with E-state index in [1.165, 1.54) is 11.3 Å². The van der Waals surface area contributed by atoms with Gasteiger partial charge in [0.15, 0.2) is 5.13 Å². The van der Waals surface area contributed by atoms with Crippen LogP contribution < -0.4 is 15.8 Å². The van der Waals surface area contributed by atoms with Crippen molar-refractivity contribution in [3.63, 3.8) is 0 Å². The number of carbonyl (C=O) groups excluding carboxylic acids is 1. The third-order valence-electron chi connectivity index (χ3n) is 3.02. The summed E-state index contributed by atoms with van der Waals surface area (Å²) in [5, 5.41) is 4.65. The first-order chi connectivity index (χ1) is 11.2. The van der Waals surface area contributed by atoms with Gasteiger partial charge >= 0.3 is 0 Å². The van der Waals surface area contributed by atoms with Gasteiger partial charge in [-0.3, -0.25) is 9.78 Å². The molecule has 0 saturated heterocycles. The Kier molecular flexibility index (Phi) is 4.49. The van der Waals surface area contributed by atoms with E-state index < -0.39 is 5.91 Å². The van der Waals surface area contributed by atoms with E-state index in [1.54, 1.807) is 30.7 Å². The number of thiazole rings is 1. The molecule has 7 heteroatoms. The summed E-state index contributed by atoms with van der Waals surface area (Å²) in [7, 11) is 0.